The van der Waals surface area contributed by atoms with E-state index in [2.05, 4.69) is 10.3 Å². The molecule has 0 spiro atoms. The number of carbonyl (C=O) groups excluding carboxylic acids is 2. The Morgan fingerprint density at radius 1 is 1.19 bits per heavy atom. The number of alkyl halides is 3. The highest BCUT2D eigenvalue weighted by Crippen LogP contribution is 2.60. The van der Waals surface area contributed by atoms with Gasteiger partial charge in [0, 0.05) is 19.1 Å². The molecule has 5 aliphatic rings. The van der Waals surface area contributed by atoms with Gasteiger partial charge in [0.15, 0.2) is 0 Å². The second kappa shape index (κ2) is 7.52. The van der Waals surface area contributed by atoms with E-state index in [1.165, 1.54) is 12.1 Å². The molecule has 174 valence electrons. The number of anilines is 1. The van der Waals surface area contributed by atoms with Crippen molar-refractivity contribution >= 4 is 17.8 Å². The first kappa shape index (κ1) is 21.3. The van der Waals surface area contributed by atoms with Gasteiger partial charge in [0.05, 0.1) is 5.41 Å². The summed E-state index contributed by atoms with van der Waals surface area (Å²) in [5, 5.41) is 3.00. The van der Waals surface area contributed by atoms with Gasteiger partial charge in [0.2, 0.25) is 5.91 Å². The number of nitrogens with one attached hydrogen (secondary N) is 1. The van der Waals surface area contributed by atoms with Crippen LogP contribution in [0.15, 0.2) is 18.2 Å². The third-order valence-electron chi connectivity index (χ3n) is 7.78. The van der Waals surface area contributed by atoms with E-state index in [9.17, 15) is 22.8 Å². The number of ether oxygens (including phenoxy) is 1. The summed E-state index contributed by atoms with van der Waals surface area (Å²) in [5.41, 5.74) is 4.34. The predicted molar refractivity (Wildman–Crippen MR) is 108 cm³/mol. The molecule has 1 aromatic rings. The summed E-state index contributed by atoms with van der Waals surface area (Å²) < 4.78 is 44.6. The third-order valence-corrected chi connectivity index (χ3v) is 7.78. The zero-order valence-electron chi connectivity index (χ0n) is 17.6. The number of rotatable bonds is 4. The summed E-state index contributed by atoms with van der Waals surface area (Å²) in [7, 11) is 0. The Hall–Kier alpha value is -2.52. The molecule has 1 saturated heterocycles. The van der Waals surface area contributed by atoms with Crippen LogP contribution in [0.25, 0.3) is 0 Å². The van der Waals surface area contributed by atoms with Crippen LogP contribution in [0.5, 0.6) is 0 Å². The van der Waals surface area contributed by atoms with Crippen LogP contribution in [0.3, 0.4) is 0 Å². The van der Waals surface area contributed by atoms with Crippen LogP contribution in [0.2, 0.25) is 0 Å². The maximum absolute atomic E-state index is 12.9. The zero-order chi connectivity index (χ0) is 22.7. The van der Waals surface area contributed by atoms with Crippen molar-refractivity contribution in [2.45, 2.75) is 56.8 Å². The van der Waals surface area contributed by atoms with Gasteiger partial charge in [-0.2, -0.15) is 13.2 Å². The maximum atomic E-state index is 12.9. The van der Waals surface area contributed by atoms with E-state index in [1.807, 2.05) is 0 Å². The van der Waals surface area contributed by atoms with Gasteiger partial charge < -0.3 is 20.7 Å². The van der Waals surface area contributed by atoms with Gasteiger partial charge in [-0.1, -0.05) is 6.07 Å². The monoisotopic (exact) mass is 452 g/mol. The predicted octanol–water partition coefficient (Wildman–Crippen LogP) is 3.40. The van der Waals surface area contributed by atoms with Gasteiger partial charge in [0.25, 0.3) is 0 Å². The lowest BCUT2D eigenvalue weighted by molar-refractivity contribution is -0.161. The van der Waals surface area contributed by atoms with E-state index in [0.29, 0.717) is 38.3 Å². The number of primary amides is 1. The highest BCUT2D eigenvalue weighted by atomic mass is 19.4. The minimum atomic E-state index is -4.51. The minimum Gasteiger partial charge on any atom is -0.446 e. The fourth-order valence-electron chi connectivity index (χ4n) is 6.59. The summed E-state index contributed by atoms with van der Waals surface area (Å²) in [6, 6.07) is 3.52. The van der Waals surface area contributed by atoms with E-state index >= 15 is 0 Å². The van der Waals surface area contributed by atoms with Crippen LogP contribution < -0.4 is 11.1 Å². The first-order chi connectivity index (χ1) is 15.1. The molecule has 32 heavy (non-hydrogen) atoms. The van der Waals surface area contributed by atoms with Crippen LogP contribution in [-0.2, 0) is 15.7 Å². The van der Waals surface area contributed by atoms with E-state index < -0.39 is 23.4 Å². The fraction of sp³-hybridized carbons (Fsp3) is 0.682. The molecule has 0 radical (unpaired) electrons. The van der Waals surface area contributed by atoms with Crippen molar-refractivity contribution in [3.05, 3.63) is 23.9 Å². The maximum Gasteiger partial charge on any atom is 0.433 e. The van der Waals surface area contributed by atoms with Crippen LogP contribution in [0, 0.1) is 23.2 Å². The molecule has 3 N–H and O–H groups in total. The Balaban J connectivity index is 1.18. The van der Waals surface area contributed by atoms with Crippen LogP contribution >= 0.6 is 0 Å². The lowest BCUT2D eigenvalue weighted by Gasteiger charge is -2.58. The van der Waals surface area contributed by atoms with Gasteiger partial charge >= 0.3 is 12.3 Å². The van der Waals surface area contributed by atoms with E-state index in [-0.39, 0.29) is 35.7 Å². The van der Waals surface area contributed by atoms with Crippen molar-refractivity contribution in [3.8, 4) is 0 Å². The van der Waals surface area contributed by atoms with Gasteiger partial charge in [-0.05, 0) is 68.4 Å². The average Bonchev–Trinajstić information content (AvgIpc) is 3.18. The standard InChI is InChI=1S/C22H27F3N4O3/c23-22(24,25)16-2-1-3-17(28-16)27-15-4-5-29(11-15)20(31)32-18-13-6-12-7-14(18)10-21(8-12,9-13)19(26)30/h1-3,12-15,18H,4-11H2,(H2,26,30)(H,27,28)/t12?,13?,14?,15-,18-,21-/m1/s1. The SMILES string of the molecule is NC(=O)[C@]12CC3CC(C1)[C@@H](OC(=O)N1CC[C@@H](Nc4cccc(C(F)(F)F)n4)C1)C(C3)C2. The number of halogens is 3. The van der Waals surface area contributed by atoms with E-state index in [4.69, 9.17) is 10.5 Å². The summed E-state index contributed by atoms with van der Waals surface area (Å²) in [5.74, 6) is 0.735. The molecule has 4 saturated carbocycles. The van der Waals surface area contributed by atoms with Crippen LogP contribution in [0.4, 0.5) is 23.8 Å². The van der Waals surface area contributed by atoms with Crippen LogP contribution in [-0.4, -0.2) is 47.1 Å². The molecule has 2 amide bonds. The van der Waals surface area contributed by atoms with Crippen LogP contribution in [0.1, 0.15) is 44.2 Å². The van der Waals surface area contributed by atoms with Crippen molar-refractivity contribution < 1.29 is 27.5 Å². The molecule has 4 bridgehead atoms. The van der Waals surface area contributed by atoms with Gasteiger partial charge in [0.1, 0.15) is 17.6 Å². The third kappa shape index (κ3) is 3.77. The molecule has 5 fully saturated rings. The van der Waals surface area contributed by atoms with Crippen molar-refractivity contribution in [1.29, 1.82) is 0 Å². The lowest BCUT2D eigenvalue weighted by atomic mass is 9.48. The molecular formula is C22H27F3N4O3. The summed E-state index contributed by atoms with van der Waals surface area (Å²) in [6.07, 6.45) is -0.312. The number of nitrogens with two attached hydrogens (primary N) is 1. The highest BCUT2D eigenvalue weighted by Gasteiger charge is 2.59. The molecule has 1 aliphatic heterocycles. The number of hydrogen-bond donors (Lipinski definition) is 2. The van der Waals surface area contributed by atoms with Crippen molar-refractivity contribution in [3.63, 3.8) is 0 Å². The molecule has 7 nitrogen and oxygen atoms in total. The number of likely N-dealkylation sites (tertiary alicyclic amines) is 1. The Kier molecular flexibility index (Phi) is 5.01. The topological polar surface area (TPSA) is 97.6 Å². The molecule has 6 rings (SSSR count). The van der Waals surface area contributed by atoms with E-state index in [1.54, 1.807) is 4.90 Å². The quantitative estimate of drug-likeness (QED) is 0.730. The number of carbonyl (C=O) groups is 2. The van der Waals surface area contributed by atoms with Gasteiger partial charge in [-0.3, -0.25) is 4.79 Å². The van der Waals surface area contributed by atoms with Crippen molar-refractivity contribution in [2.75, 3.05) is 18.4 Å². The first-order valence-electron chi connectivity index (χ1n) is 11.2. The normalized spacial score (nSPS) is 35.7. The Morgan fingerprint density at radius 3 is 2.56 bits per heavy atom. The summed E-state index contributed by atoms with van der Waals surface area (Å²) in [4.78, 5) is 30.2. The first-order valence-corrected chi connectivity index (χ1v) is 11.2. The molecular weight excluding hydrogens is 425 g/mol. The largest absolute Gasteiger partial charge is 0.446 e. The number of aromatic nitrogens is 1. The number of hydrogen-bond acceptors (Lipinski definition) is 5. The lowest BCUT2D eigenvalue weighted by Crippen LogP contribution is -2.59. The Morgan fingerprint density at radius 2 is 1.91 bits per heavy atom. The Labute approximate surface area is 183 Å². The minimum absolute atomic E-state index is 0.137. The molecule has 0 aromatic carbocycles. The summed E-state index contributed by atoms with van der Waals surface area (Å²) >= 11 is 0. The molecule has 1 aromatic heterocycles. The molecule has 10 heteroatoms. The number of pyridine rings is 1. The molecule has 2 heterocycles. The second-order valence-corrected chi connectivity index (χ2v) is 9.94. The second-order valence-electron chi connectivity index (χ2n) is 9.94. The molecule has 4 aliphatic carbocycles. The number of nitrogens with zero attached hydrogens (tertiary/aromatic N) is 2. The van der Waals surface area contributed by atoms with Crippen molar-refractivity contribution in [2.24, 2.45) is 28.9 Å². The highest BCUT2D eigenvalue weighted by molar-refractivity contribution is 5.81. The Bertz CT molecular complexity index is 908. The van der Waals surface area contributed by atoms with Gasteiger partial charge in [-0.15, -0.1) is 0 Å². The molecule has 2 unspecified atom stereocenters. The number of amides is 2. The van der Waals surface area contributed by atoms with Crippen molar-refractivity contribution in [1.82, 2.24) is 9.88 Å². The molecule has 3 atom stereocenters. The van der Waals surface area contributed by atoms with E-state index in [0.717, 1.165) is 25.3 Å². The average molecular weight is 452 g/mol. The smallest absolute Gasteiger partial charge is 0.433 e. The fourth-order valence-corrected chi connectivity index (χ4v) is 6.59. The summed E-state index contributed by atoms with van der Waals surface area (Å²) in [6.45, 7) is 0.804. The van der Waals surface area contributed by atoms with Gasteiger partial charge in [-0.25, -0.2) is 9.78 Å². The zero-order valence-corrected chi connectivity index (χ0v) is 17.6.